The lowest BCUT2D eigenvalue weighted by Crippen LogP contribution is -2.56. The third-order valence-corrected chi connectivity index (χ3v) is 3.71. The Morgan fingerprint density at radius 3 is 2.54 bits per heavy atom. The molecule has 0 unspecified atom stereocenters. The number of aryl methyl sites for hydroxylation is 1. The number of likely N-dealkylation sites (tertiary alicyclic amines) is 1. The van der Waals surface area contributed by atoms with Crippen LogP contribution >= 0.6 is 0 Å². The molecule has 130 valence electrons. The molecular formula is C14H19BN2O7. The van der Waals surface area contributed by atoms with Gasteiger partial charge in [0.25, 0.3) is 0 Å². The maximum atomic E-state index is 11.4. The first-order valence-corrected chi connectivity index (χ1v) is 7.39. The van der Waals surface area contributed by atoms with Crippen molar-refractivity contribution in [2.45, 2.75) is 18.8 Å². The van der Waals surface area contributed by atoms with Crippen LogP contribution in [0.25, 0.3) is 0 Å². The minimum Gasteiger partial charge on any atom is -0.507 e. The lowest BCUT2D eigenvalue weighted by atomic mass is 9.82. The number of amides is 1. The van der Waals surface area contributed by atoms with Crippen molar-refractivity contribution >= 4 is 19.0 Å². The zero-order valence-electron chi connectivity index (χ0n) is 12.9. The summed E-state index contributed by atoms with van der Waals surface area (Å²) in [6, 6.07) is 2.92. The molecular weight excluding hydrogens is 319 g/mol. The topological polar surface area (TPSA) is 154 Å². The number of hydrogen-bond donors (Lipinski definition) is 5. The molecule has 0 spiro atoms. The van der Waals surface area contributed by atoms with Crippen LogP contribution < -0.4 is 10.5 Å². The van der Waals surface area contributed by atoms with E-state index in [2.05, 4.69) is 0 Å². The van der Waals surface area contributed by atoms with Crippen molar-refractivity contribution in [1.29, 1.82) is 0 Å². The minimum absolute atomic E-state index is 0.0250. The van der Waals surface area contributed by atoms with E-state index < -0.39 is 24.7 Å². The molecule has 1 aromatic carbocycles. The molecule has 1 fully saturated rings. The number of aromatic hydroxyl groups is 1. The van der Waals surface area contributed by atoms with E-state index in [1.165, 1.54) is 12.1 Å². The molecule has 2 rings (SSSR count). The molecule has 24 heavy (non-hydrogen) atoms. The van der Waals surface area contributed by atoms with Crippen molar-refractivity contribution in [1.82, 2.24) is 4.90 Å². The van der Waals surface area contributed by atoms with Gasteiger partial charge < -0.3 is 30.7 Å². The summed E-state index contributed by atoms with van der Waals surface area (Å²) < 4.78 is 5.58. The highest BCUT2D eigenvalue weighted by Crippen LogP contribution is 2.33. The number of carboxylic acids is 1. The first-order chi connectivity index (χ1) is 11.3. The maximum Gasteiger partial charge on any atom is 0.451 e. The summed E-state index contributed by atoms with van der Waals surface area (Å²) in [6.45, 7) is 0.974. The summed E-state index contributed by atoms with van der Waals surface area (Å²) in [7, 11) is -1.54. The number of nitrogens with two attached hydrogens (primary N) is 1. The highest BCUT2D eigenvalue weighted by molar-refractivity contribution is 6.41. The van der Waals surface area contributed by atoms with Crippen molar-refractivity contribution < 1.29 is 34.6 Å². The molecule has 1 aromatic rings. The molecule has 1 aliphatic rings. The maximum absolute atomic E-state index is 11.4. The van der Waals surface area contributed by atoms with Crippen LogP contribution in [0.4, 0.5) is 0 Å². The van der Waals surface area contributed by atoms with E-state index in [-0.39, 0.29) is 42.3 Å². The van der Waals surface area contributed by atoms with Gasteiger partial charge in [-0.3, -0.25) is 9.69 Å². The van der Waals surface area contributed by atoms with E-state index in [4.69, 9.17) is 20.5 Å². The first kappa shape index (κ1) is 18.0. The molecule has 0 aromatic heterocycles. The van der Waals surface area contributed by atoms with Crippen LogP contribution in [0.5, 0.6) is 11.5 Å². The van der Waals surface area contributed by atoms with Gasteiger partial charge >= 0.3 is 13.1 Å². The summed E-state index contributed by atoms with van der Waals surface area (Å²) in [4.78, 5) is 24.0. The Labute approximate surface area is 138 Å². The SMILES string of the molecule is NC(=O)CN1CC(Oc2ccc(CCB(O)O)c(O)c2C(=O)O)C1. The van der Waals surface area contributed by atoms with E-state index in [9.17, 15) is 19.8 Å². The second kappa shape index (κ2) is 7.52. The molecule has 0 radical (unpaired) electrons. The fourth-order valence-electron chi connectivity index (χ4n) is 2.53. The second-order valence-corrected chi connectivity index (χ2v) is 5.67. The number of ether oxygens (including phenoxy) is 1. The fourth-order valence-corrected chi connectivity index (χ4v) is 2.53. The molecule has 9 nitrogen and oxygen atoms in total. The number of phenols is 1. The minimum atomic E-state index is -1.54. The first-order valence-electron chi connectivity index (χ1n) is 7.39. The van der Waals surface area contributed by atoms with Gasteiger partial charge in [0.05, 0.1) is 6.54 Å². The van der Waals surface area contributed by atoms with E-state index in [0.29, 0.717) is 13.1 Å². The van der Waals surface area contributed by atoms with Gasteiger partial charge in [0.15, 0.2) is 0 Å². The summed E-state index contributed by atoms with van der Waals surface area (Å²) in [6.07, 6.45) is -0.218. The Kier molecular flexibility index (Phi) is 5.65. The molecule has 1 aliphatic heterocycles. The van der Waals surface area contributed by atoms with E-state index in [1.807, 2.05) is 0 Å². The standard InChI is InChI=1S/C14H19BN2O7/c16-11(18)7-17-5-9(6-17)24-10-2-1-8(3-4-15(22)23)13(19)12(10)14(20)21/h1-2,9,19,22-23H,3-7H2,(H2,16,18)(H,20,21). The third-order valence-electron chi connectivity index (χ3n) is 3.71. The van der Waals surface area contributed by atoms with Crippen LogP contribution in [0.1, 0.15) is 15.9 Å². The summed E-state index contributed by atoms with van der Waals surface area (Å²) >= 11 is 0. The number of primary amides is 1. The zero-order chi connectivity index (χ0) is 17.9. The average molecular weight is 338 g/mol. The Hall–Kier alpha value is -2.30. The summed E-state index contributed by atoms with van der Waals surface area (Å²) in [5.74, 6) is -2.22. The molecule has 6 N–H and O–H groups in total. The number of rotatable bonds is 8. The van der Waals surface area contributed by atoms with E-state index in [1.54, 1.807) is 4.90 Å². The lowest BCUT2D eigenvalue weighted by molar-refractivity contribution is -0.121. The van der Waals surface area contributed by atoms with Gasteiger partial charge in [-0.15, -0.1) is 0 Å². The van der Waals surface area contributed by atoms with Crippen LogP contribution in [0.3, 0.4) is 0 Å². The van der Waals surface area contributed by atoms with Gasteiger partial charge in [0, 0.05) is 13.1 Å². The molecule has 0 aliphatic carbocycles. The third kappa shape index (κ3) is 4.37. The molecule has 1 amide bonds. The smallest absolute Gasteiger partial charge is 0.451 e. The normalized spacial score (nSPS) is 14.9. The van der Waals surface area contributed by atoms with Gasteiger partial charge in [-0.25, -0.2) is 4.79 Å². The van der Waals surface area contributed by atoms with Gasteiger partial charge in [0.2, 0.25) is 5.91 Å². The number of carbonyl (C=O) groups is 2. The van der Waals surface area contributed by atoms with Crippen LogP contribution in [0, 0.1) is 0 Å². The highest BCUT2D eigenvalue weighted by Gasteiger charge is 2.31. The Bertz CT molecular complexity index is 632. The van der Waals surface area contributed by atoms with Crippen molar-refractivity contribution in [2.75, 3.05) is 19.6 Å². The number of nitrogens with zero attached hydrogens (tertiary/aromatic N) is 1. The van der Waals surface area contributed by atoms with Crippen LogP contribution in [-0.4, -0.2) is 69.9 Å². The van der Waals surface area contributed by atoms with E-state index in [0.717, 1.165) is 0 Å². The van der Waals surface area contributed by atoms with Gasteiger partial charge in [0.1, 0.15) is 23.2 Å². The monoisotopic (exact) mass is 338 g/mol. The summed E-state index contributed by atoms with van der Waals surface area (Å²) in [5, 5.41) is 37.2. The molecule has 0 atom stereocenters. The number of carboxylic acid groups (broad SMARTS) is 1. The van der Waals surface area contributed by atoms with E-state index >= 15 is 0 Å². The summed E-state index contributed by atoms with van der Waals surface area (Å²) in [5.41, 5.74) is 5.00. The quantitative estimate of drug-likeness (QED) is 0.365. The Morgan fingerprint density at radius 2 is 2.00 bits per heavy atom. The predicted octanol–water partition coefficient (Wildman–Crippen LogP) is -1.35. The van der Waals surface area contributed by atoms with Crippen molar-refractivity contribution in [3.63, 3.8) is 0 Å². The van der Waals surface area contributed by atoms with Crippen molar-refractivity contribution in [3.05, 3.63) is 23.3 Å². The Morgan fingerprint density at radius 1 is 1.33 bits per heavy atom. The van der Waals surface area contributed by atoms with Crippen molar-refractivity contribution in [3.8, 4) is 11.5 Å². The van der Waals surface area contributed by atoms with Crippen LogP contribution in [0.2, 0.25) is 6.32 Å². The Balaban J connectivity index is 2.09. The average Bonchev–Trinajstić information content (AvgIpc) is 2.43. The molecule has 0 bridgehead atoms. The van der Waals surface area contributed by atoms with Gasteiger partial charge in [-0.05, 0) is 24.4 Å². The van der Waals surface area contributed by atoms with Gasteiger partial charge in [-0.2, -0.15) is 0 Å². The fraction of sp³-hybridized carbons (Fsp3) is 0.429. The van der Waals surface area contributed by atoms with Crippen LogP contribution in [-0.2, 0) is 11.2 Å². The molecule has 1 heterocycles. The number of aromatic carboxylic acids is 1. The molecule has 10 heteroatoms. The largest absolute Gasteiger partial charge is 0.507 e. The van der Waals surface area contributed by atoms with Gasteiger partial charge in [-0.1, -0.05) is 6.07 Å². The zero-order valence-corrected chi connectivity index (χ0v) is 12.9. The van der Waals surface area contributed by atoms with Crippen molar-refractivity contribution in [2.24, 2.45) is 5.73 Å². The predicted molar refractivity (Wildman–Crippen MR) is 83.8 cm³/mol. The second-order valence-electron chi connectivity index (χ2n) is 5.67. The number of benzene rings is 1. The molecule has 0 saturated carbocycles. The lowest BCUT2D eigenvalue weighted by Gasteiger charge is -2.38. The van der Waals surface area contributed by atoms with Crippen LogP contribution in [0.15, 0.2) is 12.1 Å². The highest BCUT2D eigenvalue weighted by atomic mass is 16.5. The number of carbonyl (C=O) groups excluding carboxylic acids is 1. The number of hydrogen-bond acceptors (Lipinski definition) is 7. The molecule has 1 saturated heterocycles.